The van der Waals surface area contributed by atoms with E-state index in [0.717, 1.165) is 24.9 Å². The molecule has 0 bridgehead atoms. The largest absolute Gasteiger partial charge is 0.508 e. The summed E-state index contributed by atoms with van der Waals surface area (Å²) in [6, 6.07) is 20.9. The van der Waals surface area contributed by atoms with Crippen LogP contribution in [-0.4, -0.2) is 45.3 Å². The SMILES string of the molecule is C[C@H](Cc1cccc(CCC(=O)N2CCc3ccccc3C2)c1)NC[C@H](O)c1cc(O)cc(O)c1. The molecule has 1 amide bonds. The minimum Gasteiger partial charge on any atom is -0.508 e. The second-order valence-corrected chi connectivity index (χ2v) is 9.47. The van der Waals surface area contributed by atoms with E-state index in [1.165, 1.54) is 34.9 Å². The maximum absolute atomic E-state index is 12.8. The van der Waals surface area contributed by atoms with Gasteiger partial charge in [-0.15, -0.1) is 0 Å². The minimum absolute atomic E-state index is 0.0764. The number of phenolic OH excluding ortho intramolecular Hbond substituents is 2. The van der Waals surface area contributed by atoms with Crippen LogP contribution in [0.5, 0.6) is 11.5 Å². The summed E-state index contributed by atoms with van der Waals surface area (Å²) < 4.78 is 0. The number of carbonyl (C=O) groups excluding carboxylic acids is 1. The van der Waals surface area contributed by atoms with Crippen LogP contribution in [0.4, 0.5) is 0 Å². The molecule has 3 aromatic rings. The van der Waals surface area contributed by atoms with Gasteiger partial charge in [0.05, 0.1) is 6.10 Å². The summed E-state index contributed by atoms with van der Waals surface area (Å²) in [6.07, 6.45) is 2.08. The normalized spacial score (nSPS) is 14.9. The van der Waals surface area contributed by atoms with E-state index in [-0.39, 0.29) is 23.4 Å². The van der Waals surface area contributed by atoms with Crippen molar-refractivity contribution in [3.63, 3.8) is 0 Å². The number of aliphatic hydroxyl groups is 1. The number of amides is 1. The van der Waals surface area contributed by atoms with Crippen LogP contribution in [0.3, 0.4) is 0 Å². The molecule has 6 heteroatoms. The number of hydrogen-bond donors (Lipinski definition) is 4. The van der Waals surface area contributed by atoms with E-state index in [9.17, 15) is 20.1 Å². The molecule has 2 atom stereocenters. The highest BCUT2D eigenvalue weighted by molar-refractivity contribution is 5.76. The van der Waals surface area contributed by atoms with Crippen molar-refractivity contribution in [3.8, 4) is 11.5 Å². The van der Waals surface area contributed by atoms with Crippen LogP contribution in [0.1, 0.15) is 47.3 Å². The molecule has 3 aromatic carbocycles. The first-order chi connectivity index (χ1) is 16.9. The lowest BCUT2D eigenvalue weighted by molar-refractivity contribution is -0.132. The van der Waals surface area contributed by atoms with Crippen molar-refractivity contribution in [3.05, 3.63) is 94.5 Å². The van der Waals surface area contributed by atoms with Gasteiger partial charge < -0.3 is 25.5 Å². The Balaban J connectivity index is 1.25. The summed E-state index contributed by atoms with van der Waals surface area (Å²) in [6.45, 7) is 3.84. The van der Waals surface area contributed by atoms with Crippen molar-refractivity contribution in [1.29, 1.82) is 0 Å². The topological polar surface area (TPSA) is 93.0 Å². The summed E-state index contributed by atoms with van der Waals surface area (Å²) in [5.41, 5.74) is 5.38. The van der Waals surface area contributed by atoms with Gasteiger partial charge in [-0.25, -0.2) is 0 Å². The number of nitrogens with zero attached hydrogens (tertiary/aromatic N) is 1. The molecule has 4 N–H and O–H groups in total. The Hall–Kier alpha value is -3.35. The van der Waals surface area contributed by atoms with Crippen LogP contribution in [-0.2, 0) is 30.6 Å². The van der Waals surface area contributed by atoms with Gasteiger partial charge in [0.2, 0.25) is 5.91 Å². The van der Waals surface area contributed by atoms with Crippen LogP contribution >= 0.6 is 0 Å². The summed E-state index contributed by atoms with van der Waals surface area (Å²) >= 11 is 0. The third-order valence-corrected chi connectivity index (χ3v) is 6.61. The molecule has 184 valence electrons. The smallest absolute Gasteiger partial charge is 0.223 e. The molecule has 0 aromatic heterocycles. The van der Waals surface area contributed by atoms with E-state index < -0.39 is 6.10 Å². The van der Waals surface area contributed by atoms with Crippen molar-refractivity contribution in [2.75, 3.05) is 13.1 Å². The first kappa shape index (κ1) is 24.8. The zero-order valence-corrected chi connectivity index (χ0v) is 20.2. The van der Waals surface area contributed by atoms with Gasteiger partial charge >= 0.3 is 0 Å². The number of rotatable bonds is 9. The zero-order chi connectivity index (χ0) is 24.8. The minimum atomic E-state index is -0.838. The lowest BCUT2D eigenvalue weighted by Gasteiger charge is -2.29. The molecule has 1 heterocycles. The molecule has 0 aliphatic carbocycles. The van der Waals surface area contributed by atoms with Crippen LogP contribution in [0.15, 0.2) is 66.7 Å². The highest BCUT2D eigenvalue weighted by Gasteiger charge is 2.20. The van der Waals surface area contributed by atoms with Crippen molar-refractivity contribution in [2.45, 2.75) is 51.3 Å². The van der Waals surface area contributed by atoms with E-state index in [1.54, 1.807) is 0 Å². The molecule has 6 nitrogen and oxygen atoms in total. The molecular weight excluding hydrogens is 440 g/mol. The first-order valence-electron chi connectivity index (χ1n) is 12.2. The number of aromatic hydroxyl groups is 2. The lowest BCUT2D eigenvalue weighted by Crippen LogP contribution is -2.36. The Morgan fingerprint density at radius 2 is 1.69 bits per heavy atom. The Labute approximate surface area is 206 Å². The number of fused-ring (bicyclic) bond motifs is 1. The predicted molar refractivity (Wildman–Crippen MR) is 136 cm³/mol. The van der Waals surface area contributed by atoms with Crippen LogP contribution in [0, 0.1) is 0 Å². The van der Waals surface area contributed by atoms with Crippen molar-refractivity contribution < 1.29 is 20.1 Å². The average Bonchev–Trinajstić information content (AvgIpc) is 2.85. The standard InChI is InChI=1S/C29H34N2O4/c1-20(30-18-28(34)25-15-26(32)17-27(33)16-25)13-22-6-4-5-21(14-22)9-10-29(35)31-12-11-23-7-2-3-8-24(23)19-31/h2-8,14-17,20,28,30,32-34H,9-13,18-19H2,1H3/t20-,28+/m1/s1. The molecule has 4 rings (SSSR count). The second kappa shape index (κ2) is 11.4. The van der Waals surface area contributed by atoms with Crippen molar-refractivity contribution in [2.24, 2.45) is 0 Å². The maximum atomic E-state index is 12.8. The van der Waals surface area contributed by atoms with Crippen molar-refractivity contribution >= 4 is 5.91 Å². The molecule has 1 aliphatic rings. The van der Waals surface area contributed by atoms with Gasteiger partial charge in [-0.1, -0.05) is 48.5 Å². The molecule has 1 aliphatic heterocycles. The van der Waals surface area contributed by atoms with E-state index in [4.69, 9.17) is 0 Å². The molecule has 0 spiro atoms. The number of phenols is 2. The van der Waals surface area contributed by atoms with Gasteiger partial charge in [-0.05, 0) is 66.1 Å². The number of benzene rings is 3. The second-order valence-electron chi connectivity index (χ2n) is 9.47. The fraction of sp³-hybridized carbons (Fsp3) is 0.345. The molecule has 0 unspecified atom stereocenters. The molecule has 0 saturated carbocycles. The van der Waals surface area contributed by atoms with E-state index in [0.29, 0.717) is 31.5 Å². The number of hydrogen-bond acceptors (Lipinski definition) is 5. The third kappa shape index (κ3) is 6.84. The highest BCUT2D eigenvalue weighted by Crippen LogP contribution is 2.25. The zero-order valence-electron chi connectivity index (χ0n) is 20.2. The third-order valence-electron chi connectivity index (χ3n) is 6.61. The van der Waals surface area contributed by atoms with Gasteiger partial charge in [0.1, 0.15) is 11.5 Å². The van der Waals surface area contributed by atoms with Gasteiger partial charge in [0, 0.05) is 38.2 Å². The Kier molecular flexibility index (Phi) is 8.06. The highest BCUT2D eigenvalue weighted by atomic mass is 16.3. The number of carbonyl (C=O) groups is 1. The predicted octanol–water partition coefficient (Wildman–Crippen LogP) is 3.87. The fourth-order valence-corrected chi connectivity index (χ4v) is 4.70. The quantitative estimate of drug-likeness (QED) is 0.378. The molecule has 35 heavy (non-hydrogen) atoms. The van der Waals surface area contributed by atoms with Gasteiger partial charge in [0.15, 0.2) is 0 Å². The summed E-state index contributed by atoms with van der Waals surface area (Å²) in [5.74, 6) is 0.0481. The Morgan fingerprint density at radius 3 is 2.46 bits per heavy atom. The van der Waals surface area contributed by atoms with Crippen LogP contribution in [0.25, 0.3) is 0 Å². The van der Waals surface area contributed by atoms with Gasteiger partial charge in [0.25, 0.3) is 0 Å². The van der Waals surface area contributed by atoms with E-state index in [1.807, 2.05) is 17.0 Å². The average molecular weight is 475 g/mol. The first-order valence-corrected chi connectivity index (χ1v) is 12.2. The van der Waals surface area contributed by atoms with E-state index in [2.05, 4.69) is 48.6 Å². The number of aryl methyl sites for hydroxylation is 1. The van der Waals surface area contributed by atoms with Crippen LogP contribution < -0.4 is 5.32 Å². The molecular formula is C29H34N2O4. The van der Waals surface area contributed by atoms with Gasteiger partial charge in [-0.3, -0.25) is 4.79 Å². The maximum Gasteiger partial charge on any atom is 0.223 e. The van der Waals surface area contributed by atoms with Gasteiger partial charge in [-0.2, -0.15) is 0 Å². The summed E-state index contributed by atoms with van der Waals surface area (Å²) in [4.78, 5) is 14.8. The summed E-state index contributed by atoms with van der Waals surface area (Å²) in [7, 11) is 0. The number of aliphatic hydroxyl groups excluding tert-OH is 1. The Bertz CT molecular complexity index is 1140. The number of nitrogens with one attached hydrogen (secondary N) is 1. The fourth-order valence-electron chi connectivity index (χ4n) is 4.70. The molecule has 0 saturated heterocycles. The summed E-state index contributed by atoms with van der Waals surface area (Å²) in [5, 5.41) is 32.9. The van der Waals surface area contributed by atoms with E-state index >= 15 is 0 Å². The van der Waals surface area contributed by atoms with Crippen LogP contribution in [0.2, 0.25) is 0 Å². The monoisotopic (exact) mass is 474 g/mol. The molecule has 0 fully saturated rings. The Morgan fingerprint density at radius 1 is 0.971 bits per heavy atom. The lowest BCUT2D eigenvalue weighted by atomic mass is 9.98. The molecule has 0 radical (unpaired) electrons. The van der Waals surface area contributed by atoms with Crippen molar-refractivity contribution in [1.82, 2.24) is 10.2 Å².